The van der Waals surface area contributed by atoms with Crippen molar-refractivity contribution >= 4 is 7.26 Å². The number of benzene rings is 1. The van der Waals surface area contributed by atoms with Gasteiger partial charge in [-0.05, 0) is 44.2 Å². The van der Waals surface area contributed by atoms with E-state index in [9.17, 15) is 0 Å². The summed E-state index contributed by atoms with van der Waals surface area (Å²) in [5.41, 5.74) is 7.24. The lowest BCUT2D eigenvalue weighted by Crippen LogP contribution is -3.00. The SMILES string of the molecule is CCCC[P+](CCCC)(CCCC)CCCOc1ccccc1CC(C)N.[Br-]. The summed E-state index contributed by atoms with van der Waals surface area (Å²) >= 11 is 0. The fourth-order valence-corrected chi connectivity index (χ4v) is 9.00. The van der Waals surface area contributed by atoms with Crippen LogP contribution in [0.25, 0.3) is 0 Å². The third-order valence-electron chi connectivity index (χ3n) is 5.51. The zero-order valence-electron chi connectivity index (χ0n) is 18.9. The van der Waals surface area contributed by atoms with E-state index in [1.165, 1.54) is 75.2 Å². The highest BCUT2D eigenvalue weighted by atomic mass is 79.9. The van der Waals surface area contributed by atoms with E-state index in [4.69, 9.17) is 10.5 Å². The molecule has 0 aromatic heterocycles. The molecule has 0 bridgehead atoms. The maximum Gasteiger partial charge on any atom is 0.122 e. The van der Waals surface area contributed by atoms with Crippen molar-refractivity contribution in [2.75, 3.05) is 31.3 Å². The van der Waals surface area contributed by atoms with E-state index in [1.807, 2.05) is 0 Å². The molecular weight excluding hydrogens is 429 g/mol. The lowest BCUT2D eigenvalue weighted by Gasteiger charge is -2.28. The van der Waals surface area contributed by atoms with E-state index in [1.54, 1.807) is 0 Å². The fourth-order valence-electron chi connectivity index (χ4n) is 3.89. The number of ether oxygens (including phenoxy) is 1. The minimum absolute atomic E-state index is 0. The second-order valence-corrected chi connectivity index (χ2v) is 12.8. The van der Waals surface area contributed by atoms with E-state index in [0.717, 1.165) is 18.8 Å². The van der Waals surface area contributed by atoms with Gasteiger partial charge in [0.15, 0.2) is 0 Å². The zero-order valence-corrected chi connectivity index (χ0v) is 21.4. The molecular formula is C24H45BrNOP. The van der Waals surface area contributed by atoms with Gasteiger partial charge in [-0.3, -0.25) is 0 Å². The first-order valence-corrected chi connectivity index (χ1v) is 13.9. The van der Waals surface area contributed by atoms with Crippen LogP contribution in [0.1, 0.15) is 78.2 Å². The molecule has 1 atom stereocenters. The van der Waals surface area contributed by atoms with Crippen LogP contribution in [0.15, 0.2) is 24.3 Å². The zero-order chi connectivity index (χ0) is 20.0. The maximum absolute atomic E-state index is 6.21. The van der Waals surface area contributed by atoms with Gasteiger partial charge in [0.05, 0.1) is 31.3 Å². The van der Waals surface area contributed by atoms with Gasteiger partial charge in [-0.15, -0.1) is 0 Å². The number of rotatable bonds is 16. The molecule has 0 saturated heterocycles. The van der Waals surface area contributed by atoms with Crippen LogP contribution >= 0.6 is 7.26 Å². The predicted molar refractivity (Wildman–Crippen MR) is 125 cm³/mol. The van der Waals surface area contributed by atoms with Crippen molar-refractivity contribution in [3.05, 3.63) is 29.8 Å². The standard InChI is InChI=1S/C24H45NOP.BrH/c1-5-8-17-27(18-9-6-2,19-10-7-3)20-13-16-26-24-15-12-11-14-23(24)21-22(4)25;/h11-12,14-15,22H,5-10,13,16-21,25H2,1-4H3;1H/q+1;/p-1. The van der Waals surface area contributed by atoms with Gasteiger partial charge in [-0.1, -0.05) is 58.2 Å². The van der Waals surface area contributed by atoms with Crippen LogP contribution in [0.3, 0.4) is 0 Å². The summed E-state index contributed by atoms with van der Waals surface area (Å²) in [6.45, 7) is 9.93. The summed E-state index contributed by atoms with van der Waals surface area (Å²) in [5.74, 6) is 1.04. The highest BCUT2D eigenvalue weighted by Crippen LogP contribution is 2.61. The van der Waals surface area contributed by atoms with Crippen molar-refractivity contribution in [1.29, 1.82) is 0 Å². The molecule has 2 N–H and O–H groups in total. The van der Waals surface area contributed by atoms with Gasteiger partial charge in [-0.25, -0.2) is 0 Å². The van der Waals surface area contributed by atoms with Crippen LogP contribution in [0.5, 0.6) is 5.75 Å². The quantitative estimate of drug-likeness (QED) is 0.293. The largest absolute Gasteiger partial charge is 1.00 e. The highest BCUT2D eigenvalue weighted by Gasteiger charge is 2.34. The molecule has 0 aliphatic carbocycles. The number of unbranched alkanes of at least 4 members (excludes halogenated alkanes) is 3. The van der Waals surface area contributed by atoms with Crippen molar-refractivity contribution in [2.24, 2.45) is 5.73 Å². The van der Waals surface area contributed by atoms with Gasteiger partial charge in [0.1, 0.15) is 5.75 Å². The van der Waals surface area contributed by atoms with Gasteiger partial charge in [0.25, 0.3) is 0 Å². The molecule has 2 nitrogen and oxygen atoms in total. The second kappa shape index (κ2) is 16.7. The third kappa shape index (κ3) is 11.2. The van der Waals surface area contributed by atoms with Crippen LogP contribution < -0.4 is 27.5 Å². The van der Waals surface area contributed by atoms with Gasteiger partial charge in [0, 0.05) is 19.7 Å². The normalized spacial score (nSPS) is 12.5. The molecule has 0 amide bonds. The van der Waals surface area contributed by atoms with Crippen molar-refractivity contribution in [3.63, 3.8) is 0 Å². The number of para-hydroxylation sites is 1. The molecule has 0 heterocycles. The predicted octanol–water partition coefficient (Wildman–Crippen LogP) is 3.77. The lowest BCUT2D eigenvalue weighted by molar-refractivity contribution is -0.00000663. The maximum atomic E-state index is 6.21. The van der Waals surface area contributed by atoms with Crippen LogP contribution in [-0.2, 0) is 6.42 Å². The minimum Gasteiger partial charge on any atom is -1.00 e. The first kappa shape index (κ1) is 27.9. The average molecular weight is 475 g/mol. The van der Waals surface area contributed by atoms with Crippen LogP contribution in [0, 0.1) is 0 Å². The monoisotopic (exact) mass is 473 g/mol. The number of hydrogen-bond acceptors (Lipinski definition) is 2. The van der Waals surface area contributed by atoms with Gasteiger partial charge in [0.2, 0.25) is 0 Å². The summed E-state index contributed by atoms with van der Waals surface area (Å²) in [5, 5.41) is 0. The van der Waals surface area contributed by atoms with Gasteiger partial charge >= 0.3 is 0 Å². The molecule has 0 fully saturated rings. The first-order valence-electron chi connectivity index (χ1n) is 11.4. The molecule has 28 heavy (non-hydrogen) atoms. The number of halogens is 1. The Balaban J connectivity index is 0.00000729. The van der Waals surface area contributed by atoms with E-state index in [-0.39, 0.29) is 23.0 Å². The Bertz CT molecular complexity index is 473. The molecule has 164 valence electrons. The fraction of sp³-hybridized carbons (Fsp3) is 0.750. The molecule has 1 aromatic rings. The van der Waals surface area contributed by atoms with Crippen LogP contribution in [0.4, 0.5) is 0 Å². The Hall–Kier alpha value is -0.110. The first-order chi connectivity index (χ1) is 13.1. The Morgan fingerprint density at radius 3 is 1.86 bits per heavy atom. The molecule has 0 saturated carbocycles. The van der Waals surface area contributed by atoms with Crippen molar-refractivity contribution in [3.8, 4) is 5.75 Å². The molecule has 0 aliphatic heterocycles. The van der Waals surface area contributed by atoms with E-state index in [0.29, 0.717) is 0 Å². The molecule has 1 rings (SSSR count). The van der Waals surface area contributed by atoms with E-state index < -0.39 is 7.26 Å². The topological polar surface area (TPSA) is 35.2 Å². The molecule has 1 aromatic carbocycles. The minimum atomic E-state index is -0.801. The second-order valence-electron chi connectivity index (χ2n) is 8.29. The Kier molecular flexibility index (Phi) is 16.6. The van der Waals surface area contributed by atoms with Crippen LogP contribution in [0.2, 0.25) is 0 Å². The van der Waals surface area contributed by atoms with Gasteiger partial charge < -0.3 is 27.5 Å². The summed E-state index contributed by atoms with van der Waals surface area (Å²) in [6.07, 6.45) is 16.3. The van der Waals surface area contributed by atoms with Crippen molar-refractivity contribution in [1.82, 2.24) is 0 Å². The van der Waals surface area contributed by atoms with Crippen molar-refractivity contribution in [2.45, 2.75) is 85.1 Å². The smallest absolute Gasteiger partial charge is 0.122 e. The molecule has 0 radical (unpaired) electrons. The van der Waals surface area contributed by atoms with Crippen molar-refractivity contribution < 1.29 is 21.7 Å². The molecule has 0 aliphatic rings. The Morgan fingerprint density at radius 2 is 1.36 bits per heavy atom. The summed E-state index contributed by atoms with van der Waals surface area (Å²) in [4.78, 5) is 0. The Labute approximate surface area is 186 Å². The third-order valence-corrected chi connectivity index (χ3v) is 10.6. The molecule has 1 unspecified atom stereocenters. The summed E-state index contributed by atoms with van der Waals surface area (Å²) in [6, 6.07) is 8.58. The summed E-state index contributed by atoms with van der Waals surface area (Å²) < 4.78 is 6.21. The summed E-state index contributed by atoms with van der Waals surface area (Å²) in [7, 11) is -0.801. The van der Waals surface area contributed by atoms with Gasteiger partial charge in [-0.2, -0.15) is 0 Å². The molecule has 4 heteroatoms. The highest BCUT2D eigenvalue weighted by molar-refractivity contribution is 7.75. The van der Waals surface area contributed by atoms with E-state index in [2.05, 4.69) is 52.0 Å². The molecule has 0 spiro atoms. The lowest BCUT2D eigenvalue weighted by atomic mass is 10.1. The van der Waals surface area contributed by atoms with Crippen LogP contribution in [-0.4, -0.2) is 37.3 Å². The number of hydrogen-bond donors (Lipinski definition) is 1. The number of nitrogens with two attached hydrogens (primary N) is 1. The Morgan fingerprint density at radius 1 is 0.857 bits per heavy atom. The van der Waals surface area contributed by atoms with E-state index >= 15 is 0 Å². The average Bonchev–Trinajstić information content (AvgIpc) is 2.66.